The van der Waals surface area contributed by atoms with Gasteiger partial charge in [-0.15, -0.1) is 0 Å². The predicted molar refractivity (Wildman–Crippen MR) is 226 cm³/mol. The summed E-state index contributed by atoms with van der Waals surface area (Å²) in [7, 11) is 0. The Labute approximate surface area is 343 Å². The fourth-order valence-corrected chi connectivity index (χ4v) is 8.57. The molecule has 61 heavy (non-hydrogen) atoms. The van der Waals surface area contributed by atoms with Crippen LogP contribution in [0.1, 0.15) is 16.7 Å². The summed E-state index contributed by atoms with van der Waals surface area (Å²) in [5.74, 6) is -11.2. The van der Waals surface area contributed by atoms with Crippen molar-refractivity contribution in [2.75, 3.05) is 0 Å². The van der Waals surface area contributed by atoms with Gasteiger partial charge in [-0.05, 0) is 78.1 Å². The fraction of sp³-hybridized carbons (Fsp3) is 0.0588. The number of fused-ring (bicyclic) bond motifs is 6. The van der Waals surface area contributed by atoms with E-state index in [0.717, 1.165) is 34.4 Å². The lowest BCUT2D eigenvalue weighted by Gasteiger charge is -2.23. The largest absolute Gasteiger partial charge is 0.420 e. The molecule has 10 aromatic rings. The summed E-state index contributed by atoms with van der Waals surface area (Å²) < 4.78 is 128. The van der Waals surface area contributed by atoms with Crippen LogP contribution in [-0.2, 0) is 6.18 Å². The monoisotopic (exact) mass is 822 g/mol. The van der Waals surface area contributed by atoms with E-state index in [1.807, 2.05) is 74.5 Å². The average Bonchev–Trinajstić information content (AvgIpc) is 3.77. The van der Waals surface area contributed by atoms with E-state index >= 15 is 30.7 Å². The molecule has 2 aromatic heterocycles. The van der Waals surface area contributed by atoms with E-state index < -0.39 is 63.3 Å². The Kier molecular flexibility index (Phi) is 8.69. The van der Waals surface area contributed by atoms with Crippen molar-refractivity contribution in [2.45, 2.75) is 20.0 Å². The summed E-state index contributed by atoms with van der Waals surface area (Å²) in [5, 5.41) is 2.29. The lowest BCUT2D eigenvalue weighted by Crippen LogP contribution is -2.16. The minimum absolute atomic E-state index is 0.313. The van der Waals surface area contributed by atoms with Gasteiger partial charge >= 0.3 is 6.18 Å². The van der Waals surface area contributed by atoms with E-state index in [4.69, 9.17) is 0 Å². The number of hydrogen-bond donors (Lipinski definition) is 0. The first-order chi connectivity index (χ1) is 29.3. The SMILES string of the molecule is Cc1ccc(-c2ccc3c4ccccc4n(-c4cc(-c5c(F)c(F)c(F)c(F)c5F)cc(-n5c6ccccc6c6ccc(-c7ccc(C)cc7)cc65)c4C(F)(F)F)c3c2)cc1. The maximum atomic E-state index is 16.4. The Bertz CT molecular complexity index is 3200. The van der Waals surface area contributed by atoms with Gasteiger partial charge in [0.15, 0.2) is 23.3 Å². The van der Waals surface area contributed by atoms with Crippen molar-refractivity contribution >= 4 is 43.6 Å². The van der Waals surface area contributed by atoms with E-state index in [2.05, 4.69) is 0 Å². The summed E-state index contributed by atoms with van der Waals surface area (Å²) in [5.41, 5.74) is 1.77. The first-order valence-electron chi connectivity index (χ1n) is 19.3. The van der Waals surface area contributed by atoms with Crippen LogP contribution >= 0.6 is 0 Å². The molecule has 10 rings (SSSR count). The molecule has 0 spiro atoms. The third-order valence-corrected chi connectivity index (χ3v) is 11.5. The van der Waals surface area contributed by atoms with Crippen LogP contribution in [-0.4, -0.2) is 9.13 Å². The molecule has 0 aliphatic carbocycles. The lowest BCUT2D eigenvalue weighted by atomic mass is 9.97. The number of alkyl halides is 3. The first kappa shape index (κ1) is 38.0. The Morgan fingerprint density at radius 1 is 0.361 bits per heavy atom. The van der Waals surface area contributed by atoms with Gasteiger partial charge in [0.1, 0.15) is 5.56 Å². The second-order valence-corrected chi connectivity index (χ2v) is 15.2. The molecule has 0 fully saturated rings. The third-order valence-electron chi connectivity index (χ3n) is 11.5. The van der Waals surface area contributed by atoms with Gasteiger partial charge in [0.25, 0.3) is 0 Å². The molecule has 0 atom stereocenters. The van der Waals surface area contributed by atoms with Crippen molar-refractivity contribution in [3.05, 3.63) is 191 Å². The molecule has 300 valence electrons. The Hall–Kier alpha value is -7.20. The molecular formula is C51H30F8N2. The standard InChI is InChI=1S/C51H30F8N2/c1-27-11-15-29(16-12-27)31-19-21-36-34-7-3-5-9-38(34)60(40(36)23-31)42-25-33(44-46(52)48(54)50(56)49(55)47(44)53)26-43(45(42)51(57,58)59)61-39-10-6-4-8-35(39)37-22-20-32(24-41(37)61)30-17-13-28(2)14-18-30/h3-26H,1-2H3. The number of benzene rings is 8. The summed E-state index contributed by atoms with van der Waals surface area (Å²) in [6.07, 6.45) is -5.15. The van der Waals surface area contributed by atoms with E-state index in [1.54, 1.807) is 72.8 Å². The molecule has 0 unspecified atom stereocenters. The molecule has 0 N–H and O–H groups in total. The summed E-state index contributed by atoms with van der Waals surface area (Å²) in [6, 6.07) is 41.2. The summed E-state index contributed by atoms with van der Waals surface area (Å²) >= 11 is 0. The molecule has 0 amide bonds. The van der Waals surface area contributed by atoms with Crippen LogP contribution < -0.4 is 0 Å². The molecule has 0 bridgehead atoms. The fourth-order valence-electron chi connectivity index (χ4n) is 8.57. The quantitative estimate of drug-likeness (QED) is 0.0930. The maximum Gasteiger partial charge on any atom is 0.420 e. The number of nitrogens with zero attached hydrogens (tertiary/aromatic N) is 2. The molecule has 2 heterocycles. The zero-order valence-electron chi connectivity index (χ0n) is 32.3. The molecule has 2 nitrogen and oxygen atoms in total. The number of aromatic nitrogens is 2. The van der Waals surface area contributed by atoms with Crippen LogP contribution in [0.4, 0.5) is 35.1 Å². The highest BCUT2D eigenvalue weighted by Gasteiger charge is 2.40. The van der Waals surface area contributed by atoms with Crippen LogP contribution in [0.2, 0.25) is 0 Å². The van der Waals surface area contributed by atoms with Crippen molar-refractivity contribution in [3.63, 3.8) is 0 Å². The van der Waals surface area contributed by atoms with Crippen LogP contribution in [0.25, 0.3) is 88.4 Å². The van der Waals surface area contributed by atoms with Gasteiger partial charge in [0, 0.05) is 21.5 Å². The normalized spacial score (nSPS) is 12.1. The van der Waals surface area contributed by atoms with E-state index in [1.165, 1.54) is 9.13 Å². The van der Waals surface area contributed by atoms with Crippen molar-refractivity contribution < 1.29 is 35.1 Å². The van der Waals surface area contributed by atoms with Crippen molar-refractivity contribution in [1.29, 1.82) is 0 Å². The Balaban J connectivity index is 1.40. The predicted octanol–water partition coefficient (Wildman–Crippen LogP) is 15.2. The van der Waals surface area contributed by atoms with Gasteiger partial charge in [-0.3, -0.25) is 0 Å². The number of para-hydroxylation sites is 2. The highest BCUT2D eigenvalue weighted by atomic mass is 19.4. The molecule has 0 aliphatic heterocycles. The van der Waals surface area contributed by atoms with Crippen molar-refractivity contribution in [1.82, 2.24) is 9.13 Å². The smallest absolute Gasteiger partial charge is 0.309 e. The Morgan fingerprint density at radius 3 is 1.13 bits per heavy atom. The van der Waals surface area contributed by atoms with Gasteiger partial charge in [0.2, 0.25) is 5.82 Å². The number of halogens is 8. The minimum Gasteiger partial charge on any atom is -0.309 e. The van der Waals surface area contributed by atoms with Gasteiger partial charge in [-0.1, -0.05) is 120 Å². The van der Waals surface area contributed by atoms with Gasteiger partial charge in [0.05, 0.1) is 39.0 Å². The second-order valence-electron chi connectivity index (χ2n) is 15.2. The van der Waals surface area contributed by atoms with Crippen LogP contribution in [0, 0.1) is 42.9 Å². The number of hydrogen-bond acceptors (Lipinski definition) is 0. The molecule has 10 heteroatoms. The molecule has 0 aliphatic rings. The summed E-state index contributed by atoms with van der Waals surface area (Å²) in [6.45, 7) is 3.86. The number of rotatable bonds is 5. The van der Waals surface area contributed by atoms with Gasteiger partial charge < -0.3 is 9.13 Å². The molecule has 0 saturated heterocycles. The average molecular weight is 823 g/mol. The minimum atomic E-state index is -5.15. The van der Waals surface area contributed by atoms with E-state index in [0.29, 0.717) is 54.7 Å². The first-order valence-corrected chi connectivity index (χ1v) is 19.3. The molecular weight excluding hydrogens is 793 g/mol. The van der Waals surface area contributed by atoms with E-state index in [9.17, 15) is 4.39 Å². The van der Waals surface area contributed by atoms with E-state index in [-0.39, 0.29) is 0 Å². The van der Waals surface area contributed by atoms with Crippen molar-refractivity contribution in [3.8, 4) is 44.8 Å². The lowest BCUT2D eigenvalue weighted by molar-refractivity contribution is -0.137. The van der Waals surface area contributed by atoms with Crippen molar-refractivity contribution in [2.24, 2.45) is 0 Å². The molecule has 0 saturated carbocycles. The van der Waals surface area contributed by atoms with Gasteiger partial charge in [-0.2, -0.15) is 13.2 Å². The second kappa shape index (κ2) is 13.9. The highest BCUT2D eigenvalue weighted by molar-refractivity contribution is 6.12. The summed E-state index contributed by atoms with van der Waals surface area (Å²) in [4.78, 5) is 0. The van der Waals surface area contributed by atoms with Crippen LogP contribution in [0.15, 0.2) is 146 Å². The van der Waals surface area contributed by atoms with Crippen LogP contribution in [0.3, 0.4) is 0 Å². The topological polar surface area (TPSA) is 9.86 Å². The molecule has 0 radical (unpaired) electrons. The zero-order chi connectivity index (χ0) is 42.5. The molecule has 8 aromatic carbocycles. The maximum absolute atomic E-state index is 16.4. The number of aryl methyl sites for hydroxylation is 2. The van der Waals surface area contributed by atoms with Gasteiger partial charge in [-0.25, -0.2) is 22.0 Å². The highest BCUT2D eigenvalue weighted by Crippen LogP contribution is 2.47. The zero-order valence-corrected chi connectivity index (χ0v) is 32.3. The Morgan fingerprint density at radius 2 is 0.721 bits per heavy atom. The third kappa shape index (κ3) is 5.99. The van der Waals surface area contributed by atoms with Crippen LogP contribution in [0.5, 0.6) is 0 Å².